The van der Waals surface area contributed by atoms with Crippen LogP contribution >= 0.6 is 0 Å². The molecule has 2 aromatic rings. The molecule has 0 aromatic heterocycles. The third kappa shape index (κ3) is 3.24. The summed E-state index contributed by atoms with van der Waals surface area (Å²) in [6.07, 6.45) is -0.434. The van der Waals surface area contributed by atoms with E-state index < -0.39 is 6.10 Å². The van der Waals surface area contributed by atoms with E-state index in [-0.39, 0.29) is 5.78 Å². The lowest BCUT2D eigenvalue weighted by molar-refractivity contribution is -0.122. The van der Waals surface area contributed by atoms with Crippen molar-refractivity contribution >= 4 is 5.78 Å². The van der Waals surface area contributed by atoms with Gasteiger partial charge in [-0.1, -0.05) is 24.3 Å². The summed E-state index contributed by atoms with van der Waals surface area (Å²) in [5.74, 6) is 0.672. The molecule has 3 heteroatoms. The zero-order chi connectivity index (χ0) is 14.5. The van der Waals surface area contributed by atoms with Crippen molar-refractivity contribution in [1.29, 1.82) is 5.26 Å². The second-order valence-corrected chi connectivity index (χ2v) is 4.58. The highest BCUT2D eigenvalue weighted by atomic mass is 16.5. The van der Waals surface area contributed by atoms with Crippen LogP contribution in [0.3, 0.4) is 0 Å². The van der Waals surface area contributed by atoms with Crippen molar-refractivity contribution in [1.82, 2.24) is 0 Å². The number of nitrogens with zero attached hydrogens (tertiary/aromatic N) is 1. The minimum atomic E-state index is -0.434. The number of Topliss-reactive ketones (excluding diaryl/α,β-unsaturated/α-hetero) is 1. The number of ether oxygens (including phenoxy) is 1. The Hall–Kier alpha value is -2.60. The smallest absolute Gasteiger partial charge is 0.169 e. The van der Waals surface area contributed by atoms with Gasteiger partial charge in [-0.3, -0.25) is 4.79 Å². The van der Waals surface area contributed by atoms with Crippen LogP contribution in [0.2, 0.25) is 0 Å². The van der Waals surface area contributed by atoms with Gasteiger partial charge in [-0.2, -0.15) is 5.26 Å². The molecule has 0 aliphatic carbocycles. The van der Waals surface area contributed by atoms with Gasteiger partial charge in [0.2, 0.25) is 0 Å². The Morgan fingerprint density at radius 1 is 1.05 bits per heavy atom. The minimum Gasteiger partial charge on any atom is -0.483 e. The molecule has 0 radical (unpaired) electrons. The Balaban J connectivity index is 2.15. The SMILES string of the molecule is CC(=O)C(C)Oc1ccc(-c2ccc(C#N)cc2)cc1. The normalized spacial score (nSPS) is 11.4. The van der Waals surface area contributed by atoms with Crippen LogP contribution in [0, 0.1) is 11.3 Å². The van der Waals surface area contributed by atoms with Crippen LogP contribution in [0.5, 0.6) is 5.75 Å². The molecule has 0 saturated heterocycles. The van der Waals surface area contributed by atoms with Gasteiger partial charge in [-0.05, 0) is 49.2 Å². The van der Waals surface area contributed by atoms with E-state index in [9.17, 15) is 4.79 Å². The van der Waals surface area contributed by atoms with Crippen LogP contribution in [0.4, 0.5) is 0 Å². The third-order valence-electron chi connectivity index (χ3n) is 3.09. The molecule has 1 unspecified atom stereocenters. The summed E-state index contributed by atoms with van der Waals surface area (Å²) in [4.78, 5) is 11.1. The molecule has 3 nitrogen and oxygen atoms in total. The first kappa shape index (κ1) is 13.8. The summed E-state index contributed by atoms with van der Waals surface area (Å²) in [6.45, 7) is 3.24. The number of benzene rings is 2. The molecule has 0 spiro atoms. The maximum atomic E-state index is 11.1. The van der Waals surface area contributed by atoms with Crippen LogP contribution in [0.25, 0.3) is 11.1 Å². The fourth-order valence-corrected chi connectivity index (χ4v) is 1.75. The molecule has 2 rings (SSSR count). The number of nitriles is 1. The summed E-state index contributed by atoms with van der Waals surface area (Å²) >= 11 is 0. The van der Waals surface area contributed by atoms with Gasteiger partial charge in [0, 0.05) is 0 Å². The van der Waals surface area contributed by atoms with E-state index in [4.69, 9.17) is 10.00 Å². The third-order valence-corrected chi connectivity index (χ3v) is 3.09. The molecular formula is C17H15NO2. The van der Waals surface area contributed by atoms with Crippen molar-refractivity contribution in [2.24, 2.45) is 0 Å². The number of carbonyl (C=O) groups is 1. The van der Waals surface area contributed by atoms with E-state index in [2.05, 4.69) is 6.07 Å². The largest absolute Gasteiger partial charge is 0.483 e. The van der Waals surface area contributed by atoms with E-state index >= 15 is 0 Å². The molecule has 0 fully saturated rings. The number of rotatable bonds is 4. The van der Waals surface area contributed by atoms with E-state index in [0.29, 0.717) is 11.3 Å². The van der Waals surface area contributed by atoms with Crippen LogP contribution in [0.1, 0.15) is 19.4 Å². The van der Waals surface area contributed by atoms with E-state index in [1.165, 1.54) is 6.92 Å². The molecule has 0 heterocycles. The second-order valence-electron chi connectivity index (χ2n) is 4.58. The lowest BCUT2D eigenvalue weighted by atomic mass is 10.0. The number of carbonyl (C=O) groups excluding carboxylic acids is 1. The van der Waals surface area contributed by atoms with Gasteiger partial charge in [0.1, 0.15) is 5.75 Å². The van der Waals surface area contributed by atoms with Crippen molar-refractivity contribution in [3.63, 3.8) is 0 Å². The van der Waals surface area contributed by atoms with Crippen molar-refractivity contribution in [2.45, 2.75) is 20.0 Å². The number of ketones is 1. The zero-order valence-corrected chi connectivity index (χ0v) is 11.5. The summed E-state index contributed by atoms with van der Waals surface area (Å²) in [7, 11) is 0. The predicted molar refractivity (Wildman–Crippen MR) is 77.4 cm³/mol. The molecule has 0 bridgehead atoms. The quantitative estimate of drug-likeness (QED) is 0.849. The van der Waals surface area contributed by atoms with Gasteiger partial charge >= 0.3 is 0 Å². The van der Waals surface area contributed by atoms with Crippen molar-refractivity contribution in [2.75, 3.05) is 0 Å². The summed E-state index contributed by atoms with van der Waals surface area (Å²) in [5, 5.41) is 8.77. The van der Waals surface area contributed by atoms with Gasteiger partial charge in [-0.25, -0.2) is 0 Å². The Bertz CT molecular complexity index is 636. The molecular weight excluding hydrogens is 250 g/mol. The average Bonchev–Trinajstić information content (AvgIpc) is 2.48. The summed E-state index contributed by atoms with van der Waals surface area (Å²) < 4.78 is 5.51. The fraction of sp³-hybridized carbons (Fsp3) is 0.176. The van der Waals surface area contributed by atoms with Crippen LogP contribution in [-0.4, -0.2) is 11.9 Å². The Morgan fingerprint density at radius 2 is 1.55 bits per heavy atom. The monoisotopic (exact) mass is 265 g/mol. The molecule has 20 heavy (non-hydrogen) atoms. The highest BCUT2D eigenvalue weighted by Gasteiger charge is 2.08. The van der Waals surface area contributed by atoms with Crippen molar-refractivity contribution in [3.05, 3.63) is 54.1 Å². The van der Waals surface area contributed by atoms with Gasteiger partial charge in [0.15, 0.2) is 11.9 Å². The predicted octanol–water partition coefficient (Wildman–Crippen LogP) is 3.58. The topological polar surface area (TPSA) is 50.1 Å². The van der Waals surface area contributed by atoms with Gasteiger partial charge in [0.25, 0.3) is 0 Å². The lowest BCUT2D eigenvalue weighted by Gasteiger charge is -2.12. The van der Waals surface area contributed by atoms with Gasteiger partial charge < -0.3 is 4.74 Å². The average molecular weight is 265 g/mol. The first-order valence-corrected chi connectivity index (χ1v) is 6.38. The molecule has 0 amide bonds. The van der Waals surface area contributed by atoms with Crippen LogP contribution in [0.15, 0.2) is 48.5 Å². The summed E-state index contributed by atoms with van der Waals surface area (Å²) in [5.41, 5.74) is 2.72. The standard InChI is InChI=1S/C17H15NO2/c1-12(19)13(2)20-17-9-7-16(8-10-17)15-5-3-14(11-18)4-6-15/h3-10,13H,1-2H3. The van der Waals surface area contributed by atoms with Crippen LogP contribution < -0.4 is 4.74 Å². The zero-order valence-electron chi connectivity index (χ0n) is 11.5. The minimum absolute atomic E-state index is 0.00108. The maximum absolute atomic E-state index is 11.1. The fourth-order valence-electron chi connectivity index (χ4n) is 1.75. The van der Waals surface area contributed by atoms with E-state index in [0.717, 1.165) is 11.1 Å². The summed E-state index contributed by atoms with van der Waals surface area (Å²) in [6, 6.07) is 17.0. The highest BCUT2D eigenvalue weighted by Crippen LogP contribution is 2.23. The molecule has 0 aliphatic rings. The molecule has 2 aromatic carbocycles. The van der Waals surface area contributed by atoms with Gasteiger partial charge in [0.05, 0.1) is 11.6 Å². The number of hydrogen-bond donors (Lipinski definition) is 0. The second kappa shape index (κ2) is 6.03. The van der Waals surface area contributed by atoms with Crippen molar-refractivity contribution < 1.29 is 9.53 Å². The van der Waals surface area contributed by atoms with Crippen LogP contribution in [-0.2, 0) is 4.79 Å². The van der Waals surface area contributed by atoms with E-state index in [1.807, 2.05) is 36.4 Å². The lowest BCUT2D eigenvalue weighted by Crippen LogP contribution is -2.20. The van der Waals surface area contributed by atoms with Gasteiger partial charge in [-0.15, -0.1) is 0 Å². The first-order valence-electron chi connectivity index (χ1n) is 6.38. The Morgan fingerprint density at radius 3 is 2.00 bits per heavy atom. The Kier molecular flexibility index (Phi) is 4.17. The molecule has 100 valence electrons. The highest BCUT2D eigenvalue weighted by molar-refractivity contribution is 5.80. The Labute approximate surface area is 118 Å². The molecule has 0 saturated carbocycles. The molecule has 0 N–H and O–H groups in total. The first-order chi connectivity index (χ1) is 9.60. The molecule has 0 aliphatic heterocycles. The maximum Gasteiger partial charge on any atom is 0.169 e. The number of hydrogen-bond acceptors (Lipinski definition) is 3. The molecule has 1 atom stereocenters. The van der Waals surface area contributed by atoms with Crippen molar-refractivity contribution in [3.8, 4) is 22.9 Å². The van der Waals surface area contributed by atoms with E-state index in [1.54, 1.807) is 19.1 Å².